The first-order valence-corrected chi connectivity index (χ1v) is 6.98. The van der Waals surface area contributed by atoms with Crippen LogP contribution in [0.25, 0.3) is 0 Å². The van der Waals surface area contributed by atoms with E-state index in [9.17, 15) is 13.6 Å². The van der Waals surface area contributed by atoms with Crippen molar-refractivity contribution >= 4 is 5.91 Å². The lowest BCUT2D eigenvalue weighted by Crippen LogP contribution is -2.34. The molecule has 2 N–H and O–H groups in total. The molecule has 3 rings (SSSR count). The molecule has 1 saturated carbocycles. The second-order valence-corrected chi connectivity index (χ2v) is 5.96. The number of carbonyl (C=O) groups excluding carboxylic acids is 1. The fourth-order valence-electron chi connectivity index (χ4n) is 3.46. The van der Waals surface area contributed by atoms with Crippen molar-refractivity contribution in [3.8, 4) is 0 Å². The minimum absolute atomic E-state index is 0.0440. The van der Waals surface area contributed by atoms with E-state index in [1.165, 1.54) is 13.0 Å². The van der Waals surface area contributed by atoms with Gasteiger partial charge in [0.15, 0.2) is 0 Å². The van der Waals surface area contributed by atoms with E-state index in [1.807, 2.05) is 0 Å². The highest BCUT2D eigenvalue weighted by Gasteiger charge is 2.42. The van der Waals surface area contributed by atoms with Crippen LogP contribution in [-0.4, -0.2) is 29.9 Å². The molecule has 3 atom stereocenters. The van der Waals surface area contributed by atoms with Crippen molar-refractivity contribution < 1.29 is 13.6 Å². The van der Waals surface area contributed by atoms with Crippen LogP contribution in [0.5, 0.6) is 0 Å². The van der Waals surface area contributed by atoms with Crippen LogP contribution < -0.4 is 5.73 Å². The molecule has 1 heterocycles. The molecule has 3 nitrogen and oxygen atoms in total. The highest BCUT2D eigenvalue weighted by atomic mass is 19.1. The number of benzene rings is 1. The summed E-state index contributed by atoms with van der Waals surface area (Å²) in [6.45, 7) is 2.74. The average Bonchev–Trinajstić information content (AvgIpc) is 2.96. The Labute approximate surface area is 116 Å². The van der Waals surface area contributed by atoms with Gasteiger partial charge in [-0.05, 0) is 43.2 Å². The molecule has 5 heteroatoms. The fourth-order valence-corrected chi connectivity index (χ4v) is 3.46. The van der Waals surface area contributed by atoms with Crippen LogP contribution in [0.3, 0.4) is 0 Å². The predicted molar refractivity (Wildman–Crippen MR) is 71.2 cm³/mol. The summed E-state index contributed by atoms with van der Waals surface area (Å²) in [7, 11) is 0. The maximum absolute atomic E-state index is 13.8. The molecule has 1 aliphatic carbocycles. The molecule has 0 radical (unpaired) electrons. The number of hydrogen-bond acceptors (Lipinski definition) is 2. The lowest BCUT2D eigenvalue weighted by molar-refractivity contribution is 0.0774. The number of hydrogen-bond donors (Lipinski definition) is 1. The van der Waals surface area contributed by atoms with Gasteiger partial charge in [-0.25, -0.2) is 8.78 Å². The number of likely N-dealkylation sites (tertiary alicyclic amines) is 1. The van der Waals surface area contributed by atoms with E-state index >= 15 is 0 Å². The Bertz CT molecular complexity index is 561. The number of nitrogens with zero attached hydrogens (tertiary/aromatic N) is 1. The Morgan fingerprint density at radius 3 is 2.70 bits per heavy atom. The number of rotatable bonds is 1. The minimum atomic E-state index is -0.792. The van der Waals surface area contributed by atoms with E-state index < -0.39 is 11.6 Å². The molecule has 3 unspecified atom stereocenters. The number of amides is 1. The van der Waals surface area contributed by atoms with Gasteiger partial charge in [-0.1, -0.05) is 0 Å². The van der Waals surface area contributed by atoms with Crippen LogP contribution in [-0.2, 0) is 0 Å². The van der Waals surface area contributed by atoms with E-state index in [0.29, 0.717) is 24.9 Å². The smallest absolute Gasteiger partial charge is 0.256 e. The fraction of sp³-hybridized carbons (Fsp3) is 0.533. The van der Waals surface area contributed by atoms with Crippen molar-refractivity contribution in [2.75, 3.05) is 13.1 Å². The second-order valence-electron chi connectivity index (χ2n) is 5.96. The Morgan fingerprint density at radius 2 is 2.00 bits per heavy atom. The van der Waals surface area contributed by atoms with E-state index in [-0.39, 0.29) is 23.1 Å². The van der Waals surface area contributed by atoms with Gasteiger partial charge in [-0.3, -0.25) is 4.79 Å². The molecule has 0 bridgehead atoms. The normalized spacial score (nSPS) is 28.8. The van der Waals surface area contributed by atoms with E-state index in [2.05, 4.69) is 0 Å². The lowest BCUT2D eigenvalue weighted by atomic mass is 9.98. The third-order valence-corrected chi connectivity index (χ3v) is 4.68. The molecular weight excluding hydrogens is 262 g/mol. The van der Waals surface area contributed by atoms with Crippen molar-refractivity contribution in [3.63, 3.8) is 0 Å². The summed E-state index contributed by atoms with van der Waals surface area (Å²) in [5, 5.41) is 0. The van der Waals surface area contributed by atoms with Gasteiger partial charge in [0.1, 0.15) is 11.6 Å². The Hall–Kier alpha value is -1.49. The van der Waals surface area contributed by atoms with Gasteiger partial charge in [-0.15, -0.1) is 0 Å². The quantitative estimate of drug-likeness (QED) is 0.856. The van der Waals surface area contributed by atoms with Crippen molar-refractivity contribution in [2.24, 2.45) is 17.6 Å². The number of aryl methyl sites for hydroxylation is 1. The summed E-state index contributed by atoms with van der Waals surface area (Å²) < 4.78 is 27.0. The van der Waals surface area contributed by atoms with Gasteiger partial charge < -0.3 is 10.6 Å². The van der Waals surface area contributed by atoms with E-state index in [1.54, 1.807) is 4.90 Å². The second kappa shape index (κ2) is 4.81. The maximum Gasteiger partial charge on any atom is 0.256 e. The predicted octanol–water partition coefficient (Wildman–Crippen LogP) is 2.08. The van der Waals surface area contributed by atoms with Gasteiger partial charge >= 0.3 is 0 Å². The molecule has 2 aliphatic rings. The highest BCUT2D eigenvalue weighted by molar-refractivity contribution is 5.95. The van der Waals surface area contributed by atoms with Crippen molar-refractivity contribution in [3.05, 3.63) is 34.9 Å². The van der Waals surface area contributed by atoms with E-state index in [0.717, 1.165) is 18.9 Å². The summed E-state index contributed by atoms with van der Waals surface area (Å²) >= 11 is 0. The third-order valence-electron chi connectivity index (χ3n) is 4.68. The molecule has 108 valence electrons. The van der Waals surface area contributed by atoms with E-state index in [4.69, 9.17) is 5.73 Å². The zero-order valence-corrected chi connectivity index (χ0v) is 11.4. The Balaban J connectivity index is 1.82. The summed E-state index contributed by atoms with van der Waals surface area (Å²) in [6, 6.07) is 2.21. The highest BCUT2D eigenvalue weighted by Crippen LogP contribution is 2.37. The van der Waals surface area contributed by atoms with Crippen molar-refractivity contribution in [2.45, 2.75) is 25.8 Å². The third kappa shape index (κ3) is 2.10. The topological polar surface area (TPSA) is 46.3 Å². The molecular formula is C15H18F2N2O. The maximum atomic E-state index is 13.8. The first kappa shape index (κ1) is 13.5. The number of carbonyl (C=O) groups is 1. The zero-order valence-electron chi connectivity index (χ0n) is 11.4. The van der Waals surface area contributed by atoms with Crippen LogP contribution >= 0.6 is 0 Å². The first-order valence-electron chi connectivity index (χ1n) is 6.98. The number of fused-ring (bicyclic) bond motifs is 1. The summed E-state index contributed by atoms with van der Waals surface area (Å²) in [6.07, 6.45) is 2.03. The summed E-state index contributed by atoms with van der Waals surface area (Å²) in [4.78, 5) is 14.0. The lowest BCUT2D eigenvalue weighted by Gasteiger charge is -2.19. The van der Waals surface area contributed by atoms with Crippen LogP contribution in [0.4, 0.5) is 8.78 Å². The zero-order chi connectivity index (χ0) is 14.4. The van der Waals surface area contributed by atoms with Crippen LogP contribution in [0, 0.1) is 30.4 Å². The van der Waals surface area contributed by atoms with Gasteiger partial charge in [0.05, 0.1) is 5.56 Å². The average molecular weight is 280 g/mol. The van der Waals surface area contributed by atoms with Gasteiger partial charge in [0, 0.05) is 25.2 Å². The van der Waals surface area contributed by atoms with Gasteiger partial charge in [-0.2, -0.15) is 0 Å². The molecule has 1 aliphatic heterocycles. The van der Waals surface area contributed by atoms with Crippen molar-refractivity contribution in [1.82, 2.24) is 4.90 Å². The number of nitrogens with two attached hydrogens (primary N) is 1. The van der Waals surface area contributed by atoms with Crippen LogP contribution in [0.1, 0.15) is 28.8 Å². The van der Waals surface area contributed by atoms with Crippen LogP contribution in [0.15, 0.2) is 12.1 Å². The molecule has 1 aromatic carbocycles. The van der Waals surface area contributed by atoms with Gasteiger partial charge in [0.25, 0.3) is 5.91 Å². The molecule has 1 amide bonds. The Morgan fingerprint density at radius 1 is 1.25 bits per heavy atom. The monoisotopic (exact) mass is 280 g/mol. The van der Waals surface area contributed by atoms with Crippen LogP contribution in [0.2, 0.25) is 0 Å². The number of halogens is 2. The van der Waals surface area contributed by atoms with Crippen molar-refractivity contribution in [1.29, 1.82) is 0 Å². The SMILES string of the molecule is Cc1cc(C(=O)N2CC3CCC(N)C3C2)c(F)cc1F. The Kier molecular flexibility index (Phi) is 3.24. The molecule has 0 spiro atoms. The summed E-state index contributed by atoms with van der Waals surface area (Å²) in [5.74, 6) is -1.02. The molecule has 2 fully saturated rings. The molecule has 1 aromatic rings. The molecule has 0 aromatic heterocycles. The molecule has 20 heavy (non-hydrogen) atoms. The largest absolute Gasteiger partial charge is 0.338 e. The van der Waals surface area contributed by atoms with Gasteiger partial charge in [0.2, 0.25) is 0 Å². The molecule has 1 saturated heterocycles. The summed E-state index contributed by atoms with van der Waals surface area (Å²) in [5.41, 5.74) is 6.27. The standard InChI is InChI=1S/C15H18F2N2O/c1-8-4-10(13(17)5-12(8)16)15(20)19-6-9-2-3-14(18)11(9)7-19/h4-5,9,11,14H,2-3,6-7,18H2,1H3. The minimum Gasteiger partial charge on any atom is -0.338 e. The first-order chi connectivity index (χ1) is 9.47.